The Balaban J connectivity index is 1.52. The average Bonchev–Trinajstić information content (AvgIpc) is 3.03. The Labute approximate surface area is 155 Å². The zero-order chi connectivity index (χ0) is 19.2. The summed E-state index contributed by atoms with van der Waals surface area (Å²) < 4.78 is 0. The number of nitro benzene ring substituents is 1. The Bertz CT molecular complexity index is 865. The van der Waals surface area contributed by atoms with Gasteiger partial charge < -0.3 is 4.90 Å². The van der Waals surface area contributed by atoms with E-state index in [4.69, 9.17) is 0 Å². The van der Waals surface area contributed by atoms with Crippen molar-refractivity contribution in [1.29, 1.82) is 0 Å². The number of hydrazone groups is 1. The maximum absolute atomic E-state index is 12.2. The first-order valence-electron chi connectivity index (χ1n) is 8.42. The van der Waals surface area contributed by atoms with E-state index >= 15 is 0 Å². The van der Waals surface area contributed by atoms with Crippen molar-refractivity contribution in [2.24, 2.45) is 11.0 Å². The molecule has 138 valence electrons. The summed E-state index contributed by atoms with van der Waals surface area (Å²) in [6.45, 7) is 0.835. The number of non-ortho nitro benzene ring substituents is 1. The molecule has 27 heavy (non-hydrogen) atoms. The van der Waals surface area contributed by atoms with Crippen LogP contribution in [0.15, 0.2) is 59.7 Å². The van der Waals surface area contributed by atoms with Gasteiger partial charge in [0.1, 0.15) is 0 Å². The summed E-state index contributed by atoms with van der Waals surface area (Å²) >= 11 is 0. The number of hydrogen-bond donors (Lipinski definition) is 1. The summed E-state index contributed by atoms with van der Waals surface area (Å²) in [4.78, 5) is 36.2. The van der Waals surface area contributed by atoms with Gasteiger partial charge in [0.05, 0.1) is 17.1 Å². The van der Waals surface area contributed by atoms with Gasteiger partial charge in [0, 0.05) is 31.6 Å². The van der Waals surface area contributed by atoms with Crippen LogP contribution in [-0.4, -0.2) is 34.4 Å². The van der Waals surface area contributed by atoms with Gasteiger partial charge in [0.15, 0.2) is 0 Å². The number of hydrogen-bond acceptors (Lipinski definition) is 5. The normalized spacial score (nSPS) is 16.7. The van der Waals surface area contributed by atoms with Crippen molar-refractivity contribution in [3.8, 4) is 0 Å². The van der Waals surface area contributed by atoms with Gasteiger partial charge in [-0.05, 0) is 23.3 Å². The van der Waals surface area contributed by atoms with E-state index in [-0.39, 0.29) is 23.9 Å². The van der Waals surface area contributed by atoms with E-state index in [1.165, 1.54) is 30.5 Å². The van der Waals surface area contributed by atoms with E-state index in [1.807, 2.05) is 30.3 Å². The molecule has 0 aromatic heterocycles. The standard InChI is InChI=1S/C19H18N4O4/c24-18-10-16(13-22(18)12-15-4-2-1-3-5-15)19(25)21-20-11-14-6-8-17(9-7-14)23(26)27/h1-9,11,16H,10,12-13H2,(H,21,25)/b20-11+. The molecule has 1 atom stereocenters. The third-order valence-corrected chi connectivity index (χ3v) is 4.29. The van der Waals surface area contributed by atoms with Crippen LogP contribution < -0.4 is 5.43 Å². The molecule has 0 bridgehead atoms. The van der Waals surface area contributed by atoms with E-state index in [2.05, 4.69) is 10.5 Å². The van der Waals surface area contributed by atoms with Gasteiger partial charge in [-0.2, -0.15) is 5.10 Å². The summed E-state index contributed by atoms with van der Waals surface area (Å²) in [5.74, 6) is -0.828. The topological polar surface area (TPSA) is 105 Å². The van der Waals surface area contributed by atoms with Crippen molar-refractivity contribution >= 4 is 23.7 Å². The fourth-order valence-electron chi connectivity index (χ4n) is 2.85. The van der Waals surface area contributed by atoms with Crippen LogP contribution in [0.2, 0.25) is 0 Å². The SMILES string of the molecule is O=C(N/N=C/c1ccc([N+](=O)[O-])cc1)C1CC(=O)N(Cc2ccccc2)C1. The third-order valence-electron chi connectivity index (χ3n) is 4.29. The van der Waals surface area contributed by atoms with Gasteiger partial charge in [0.25, 0.3) is 5.69 Å². The van der Waals surface area contributed by atoms with Crippen molar-refractivity contribution in [1.82, 2.24) is 10.3 Å². The highest BCUT2D eigenvalue weighted by Crippen LogP contribution is 2.20. The maximum Gasteiger partial charge on any atom is 0.269 e. The van der Waals surface area contributed by atoms with E-state index < -0.39 is 10.8 Å². The van der Waals surface area contributed by atoms with Gasteiger partial charge in [-0.1, -0.05) is 30.3 Å². The molecule has 3 rings (SSSR count). The number of carbonyl (C=O) groups is 2. The zero-order valence-corrected chi connectivity index (χ0v) is 14.4. The van der Waals surface area contributed by atoms with Crippen LogP contribution in [0.5, 0.6) is 0 Å². The average molecular weight is 366 g/mol. The Morgan fingerprint density at radius 3 is 2.59 bits per heavy atom. The highest BCUT2D eigenvalue weighted by molar-refractivity contribution is 5.90. The number of likely N-dealkylation sites (tertiary alicyclic amines) is 1. The zero-order valence-electron chi connectivity index (χ0n) is 14.4. The lowest BCUT2D eigenvalue weighted by Crippen LogP contribution is -2.30. The molecule has 1 saturated heterocycles. The monoisotopic (exact) mass is 366 g/mol. The van der Waals surface area contributed by atoms with E-state index in [0.717, 1.165) is 5.56 Å². The second kappa shape index (κ2) is 8.22. The summed E-state index contributed by atoms with van der Waals surface area (Å²) in [5.41, 5.74) is 4.05. The first-order chi connectivity index (χ1) is 13.0. The first kappa shape index (κ1) is 18.2. The fraction of sp³-hybridized carbons (Fsp3) is 0.211. The number of benzene rings is 2. The second-order valence-electron chi connectivity index (χ2n) is 6.24. The second-order valence-corrected chi connectivity index (χ2v) is 6.24. The summed E-state index contributed by atoms with van der Waals surface area (Å²) in [6, 6.07) is 15.4. The van der Waals surface area contributed by atoms with Crippen LogP contribution in [0.25, 0.3) is 0 Å². The minimum absolute atomic E-state index is 0.0147. The number of nitro groups is 1. The van der Waals surface area contributed by atoms with Gasteiger partial charge in [0.2, 0.25) is 11.8 Å². The fourth-order valence-corrected chi connectivity index (χ4v) is 2.85. The molecular weight excluding hydrogens is 348 g/mol. The van der Waals surface area contributed by atoms with Gasteiger partial charge in [-0.3, -0.25) is 19.7 Å². The molecule has 1 heterocycles. The van der Waals surface area contributed by atoms with Gasteiger partial charge in [-0.25, -0.2) is 5.43 Å². The molecule has 8 heteroatoms. The molecule has 1 aliphatic rings. The molecule has 1 unspecified atom stereocenters. The van der Waals surface area contributed by atoms with E-state index in [0.29, 0.717) is 18.7 Å². The van der Waals surface area contributed by atoms with Crippen molar-refractivity contribution < 1.29 is 14.5 Å². The number of amides is 2. The summed E-state index contributed by atoms with van der Waals surface area (Å²) in [6.07, 6.45) is 1.56. The summed E-state index contributed by atoms with van der Waals surface area (Å²) in [5, 5.41) is 14.5. The van der Waals surface area contributed by atoms with Crippen LogP contribution in [0.4, 0.5) is 5.69 Å². The van der Waals surface area contributed by atoms with Crippen molar-refractivity contribution in [3.63, 3.8) is 0 Å². The molecule has 0 spiro atoms. The molecule has 1 N–H and O–H groups in total. The van der Waals surface area contributed by atoms with E-state index in [9.17, 15) is 19.7 Å². The molecule has 2 amide bonds. The van der Waals surface area contributed by atoms with Crippen molar-refractivity contribution in [2.75, 3.05) is 6.54 Å². The molecular formula is C19H18N4O4. The summed E-state index contributed by atoms with van der Waals surface area (Å²) in [7, 11) is 0. The lowest BCUT2D eigenvalue weighted by molar-refractivity contribution is -0.384. The highest BCUT2D eigenvalue weighted by Gasteiger charge is 2.34. The smallest absolute Gasteiger partial charge is 0.269 e. The largest absolute Gasteiger partial charge is 0.338 e. The molecule has 0 saturated carbocycles. The number of nitrogens with one attached hydrogen (secondary N) is 1. The van der Waals surface area contributed by atoms with Crippen LogP contribution in [0.3, 0.4) is 0 Å². The number of carbonyl (C=O) groups excluding carboxylic acids is 2. The van der Waals surface area contributed by atoms with Crippen LogP contribution in [0, 0.1) is 16.0 Å². The van der Waals surface area contributed by atoms with Crippen molar-refractivity contribution in [3.05, 3.63) is 75.8 Å². The van der Waals surface area contributed by atoms with Crippen LogP contribution in [-0.2, 0) is 16.1 Å². The van der Waals surface area contributed by atoms with Crippen molar-refractivity contribution in [2.45, 2.75) is 13.0 Å². The van der Waals surface area contributed by atoms with E-state index in [1.54, 1.807) is 4.90 Å². The Morgan fingerprint density at radius 1 is 1.22 bits per heavy atom. The highest BCUT2D eigenvalue weighted by atomic mass is 16.6. The van der Waals surface area contributed by atoms with Gasteiger partial charge in [-0.15, -0.1) is 0 Å². The predicted molar refractivity (Wildman–Crippen MR) is 98.8 cm³/mol. The molecule has 2 aromatic rings. The Hall–Kier alpha value is -3.55. The van der Waals surface area contributed by atoms with Crippen LogP contribution in [0.1, 0.15) is 17.5 Å². The minimum atomic E-state index is -0.485. The number of rotatable bonds is 6. The third kappa shape index (κ3) is 4.75. The van der Waals surface area contributed by atoms with Crippen LogP contribution >= 0.6 is 0 Å². The predicted octanol–water partition coefficient (Wildman–Crippen LogP) is 2.09. The molecule has 1 aliphatic heterocycles. The molecule has 1 fully saturated rings. The Morgan fingerprint density at radius 2 is 1.93 bits per heavy atom. The molecule has 0 radical (unpaired) electrons. The molecule has 8 nitrogen and oxygen atoms in total. The number of nitrogens with zero attached hydrogens (tertiary/aromatic N) is 3. The Kier molecular flexibility index (Phi) is 5.55. The quantitative estimate of drug-likeness (QED) is 0.480. The van der Waals surface area contributed by atoms with Gasteiger partial charge >= 0.3 is 0 Å². The lowest BCUT2D eigenvalue weighted by atomic mass is 10.1. The molecule has 0 aliphatic carbocycles. The minimum Gasteiger partial charge on any atom is -0.338 e. The molecule has 2 aromatic carbocycles. The lowest BCUT2D eigenvalue weighted by Gasteiger charge is -2.16. The maximum atomic E-state index is 12.2. The first-order valence-corrected chi connectivity index (χ1v) is 8.42.